The van der Waals surface area contributed by atoms with Crippen LogP contribution in [0, 0.1) is 0 Å². The Balaban J connectivity index is 2.23. The molecule has 0 unspecified atom stereocenters. The van der Waals surface area contributed by atoms with E-state index in [1.807, 2.05) is 0 Å². The molecule has 7 heteroatoms. The molecule has 0 aliphatic carbocycles. The summed E-state index contributed by atoms with van der Waals surface area (Å²) in [6.07, 6.45) is -5.89. The number of nitrogens with zero attached hydrogens (tertiary/aromatic N) is 1. The van der Waals surface area contributed by atoms with Crippen LogP contribution in [0.3, 0.4) is 0 Å². The molecule has 0 saturated heterocycles. The lowest BCUT2D eigenvalue weighted by Crippen LogP contribution is -2.43. The molecule has 1 aliphatic rings. The molecule has 4 nitrogen and oxygen atoms in total. The number of aromatic carboxylic acids is 1. The molecule has 0 aromatic heterocycles. The van der Waals surface area contributed by atoms with Gasteiger partial charge in [0.1, 0.15) is 0 Å². The smallest absolute Gasteiger partial charge is 0.416 e. The molecule has 0 saturated carbocycles. The van der Waals surface area contributed by atoms with E-state index in [0.717, 1.165) is 0 Å². The molecular weight excluding hydrogens is 275 g/mol. The fraction of sp³-hybridized carbons (Fsp3) is 0.462. The number of carbonyl (C=O) groups is 1. The van der Waals surface area contributed by atoms with Crippen LogP contribution >= 0.6 is 0 Å². The molecule has 0 amide bonds. The number of aryl methyl sites for hydroxylation is 1. The number of carboxylic acid groups (broad SMARTS) is 1. The SMILES string of the molecule is O=C([O-])c1ccc2c(c1)CCCN2C[C@@H](O)C(F)(F)F. The average Bonchev–Trinajstić information content (AvgIpc) is 2.37. The number of carboxylic acids is 1. The lowest BCUT2D eigenvalue weighted by molar-refractivity contribution is -0.255. The molecule has 0 bridgehead atoms. The zero-order valence-electron chi connectivity index (χ0n) is 10.5. The fourth-order valence-corrected chi connectivity index (χ4v) is 2.30. The molecular formula is C13H13F3NO3-. The molecule has 1 heterocycles. The zero-order chi connectivity index (χ0) is 14.9. The summed E-state index contributed by atoms with van der Waals surface area (Å²) in [5.41, 5.74) is 1.19. The molecule has 20 heavy (non-hydrogen) atoms. The Bertz CT molecular complexity index is 516. The van der Waals surface area contributed by atoms with Crippen LogP contribution in [-0.4, -0.2) is 36.4 Å². The topological polar surface area (TPSA) is 63.6 Å². The molecule has 0 spiro atoms. The van der Waals surface area contributed by atoms with Crippen LogP contribution in [0.4, 0.5) is 18.9 Å². The summed E-state index contributed by atoms with van der Waals surface area (Å²) in [6, 6.07) is 4.17. The van der Waals surface area contributed by atoms with Crippen LogP contribution in [-0.2, 0) is 6.42 Å². The van der Waals surface area contributed by atoms with Gasteiger partial charge in [0.15, 0.2) is 6.10 Å². The van der Waals surface area contributed by atoms with E-state index in [0.29, 0.717) is 30.6 Å². The van der Waals surface area contributed by atoms with Gasteiger partial charge in [0.2, 0.25) is 0 Å². The van der Waals surface area contributed by atoms with Crippen LogP contribution in [0.5, 0.6) is 0 Å². The number of carbonyl (C=O) groups excluding carboxylic acids is 1. The van der Waals surface area contributed by atoms with Gasteiger partial charge in [-0.1, -0.05) is 6.07 Å². The van der Waals surface area contributed by atoms with E-state index in [9.17, 15) is 23.1 Å². The standard InChI is InChI=1S/C13H14F3NO3/c14-13(15,16)11(18)7-17-5-1-2-8-6-9(12(19)20)3-4-10(8)17/h3-4,6,11,18H,1-2,5,7H2,(H,19,20)/p-1/t11-/m1/s1. The number of anilines is 1. The first-order valence-corrected chi connectivity index (χ1v) is 6.13. The van der Waals surface area contributed by atoms with Gasteiger partial charge < -0.3 is 19.9 Å². The zero-order valence-corrected chi connectivity index (χ0v) is 10.5. The van der Waals surface area contributed by atoms with Gasteiger partial charge in [0.05, 0.1) is 12.5 Å². The highest BCUT2D eigenvalue weighted by Gasteiger charge is 2.39. The van der Waals surface area contributed by atoms with Crippen molar-refractivity contribution in [3.63, 3.8) is 0 Å². The highest BCUT2D eigenvalue weighted by atomic mass is 19.4. The molecule has 0 radical (unpaired) electrons. The molecule has 1 atom stereocenters. The average molecular weight is 288 g/mol. The van der Waals surface area contributed by atoms with Gasteiger partial charge in [-0.25, -0.2) is 0 Å². The first kappa shape index (κ1) is 14.6. The van der Waals surface area contributed by atoms with Crippen molar-refractivity contribution >= 4 is 11.7 Å². The lowest BCUT2D eigenvalue weighted by atomic mass is 9.99. The number of hydrogen-bond donors (Lipinski definition) is 1. The number of rotatable bonds is 3. The van der Waals surface area contributed by atoms with Gasteiger partial charge in [-0.2, -0.15) is 13.2 Å². The van der Waals surface area contributed by atoms with Gasteiger partial charge in [0.25, 0.3) is 0 Å². The first-order chi connectivity index (χ1) is 9.29. The molecule has 1 aromatic carbocycles. The molecule has 2 rings (SSSR count). The Morgan fingerprint density at radius 2 is 2.15 bits per heavy atom. The van der Waals surface area contributed by atoms with E-state index in [2.05, 4.69) is 0 Å². The third-order valence-electron chi connectivity index (χ3n) is 3.30. The van der Waals surface area contributed by atoms with Gasteiger partial charge in [-0.15, -0.1) is 0 Å². The number of β-amino-alcohol motifs (C(OH)–C–C–N with tert-alkyl or cyclic N) is 1. The van der Waals surface area contributed by atoms with Crippen molar-refractivity contribution in [3.8, 4) is 0 Å². The third kappa shape index (κ3) is 3.04. The monoisotopic (exact) mass is 288 g/mol. The number of halogens is 3. The molecule has 110 valence electrons. The Morgan fingerprint density at radius 3 is 2.75 bits per heavy atom. The number of alkyl halides is 3. The van der Waals surface area contributed by atoms with E-state index in [4.69, 9.17) is 5.11 Å². The molecule has 1 aromatic rings. The third-order valence-corrected chi connectivity index (χ3v) is 3.30. The van der Waals surface area contributed by atoms with Gasteiger partial charge >= 0.3 is 6.18 Å². The number of aliphatic hydroxyl groups excluding tert-OH is 1. The summed E-state index contributed by atoms with van der Waals surface area (Å²) in [5, 5.41) is 19.9. The van der Waals surface area contributed by atoms with E-state index >= 15 is 0 Å². The second kappa shape index (κ2) is 5.32. The summed E-state index contributed by atoms with van der Waals surface area (Å²) < 4.78 is 37.2. The maximum atomic E-state index is 12.4. The summed E-state index contributed by atoms with van der Waals surface area (Å²) in [5.74, 6) is -1.32. The van der Waals surface area contributed by atoms with Crippen LogP contribution in [0.25, 0.3) is 0 Å². The van der Waals surface area contributed by atoms with Crippen LogP contribution in [0.2, 0.25) is 0 Å². The highest BCUT2D eigenvalue weighted by molar-refractivity contribution is 5.87. The highest BCUT2D eigenvalue weighted by Crippen LogP contribution is 2.30. The van der Waals surface area contributed by atoms with E-state index in [1.54, 1.807) is 0 Å². The lowest BCUT2D eigenvalue weighted by Gasteiger charge is -2.33. The Hall–Kier alpha value is -1.76. The molecule has 0 fully saturated rings. The first-order valence-electron chi connectivity index (χ1n) is 6.13. The van der Waals surface area contributed by atoms with Gasteiger partial charge in [-0.05, 0) is 36.1 Å². The minimum absolute atomic E-state index is 0.00182. The van der Waals surface area contributed by atoms with Gasteiger partial charge in [-0.3, -0.25) is 0 Å². The number of benzene rings is 1. The van der Waals surface area contributed by atoms with E-state index in [1.165, 1.54) is 23.1 Å². The molecule has 1 N–H and O–H groups in total. The summed E-state index contributed by atoms with van der Waals surface area (Å²) in [7, 11) is 0. The van der Waals surface area contributed by atoms with Crippen molar-refractivity contribution in [1.29, 1.82) is 0 Å². The van der Waals surface area contributed by atoms with E-state index in [-0.39, 0.29) is 5.56 Å². The van der Waals surface area contributed by atoms with E-state index < -0.39 is 24.8 Å². The van der Waals surface area contributed by atoms with Crippen molar-refractivity contribution in [2.75, 3.05) is 18.0 Å². The number of fused-ring (bicyclic) bond motifs is 1. The second-order valence-corrected chi connectivity index (χ2v) is 4.74. The Kier molecular flexibility index (Phi) is 3.89. The number of hydrogen-bond acceptors (Lipinski definition) is 4. The van der Waals surface area contributed by atoms with Crippen molar-refractivity contribution in [2.24, 2.45) is 0 Å². The minimum atomic E-state index is -4.66. The largest absolute Gasteiger partial charge is 0.545 e. The normalized spacial score (nSPS) is 16.7. The van der Waals surface area contributed by atoms with Crippen LogP contribution in [0.15, 0.2) is 18.2 Å². The summed E-state index contributed by atoms with van der Waals surface area (Å²) in [6.45, 7) is -0.161. The predicted molar refractivity (Wildman–Crippen MR) is 63.4 cm³/mol. The van der Waals surface area contributed by atoms with Crippen molar-refractivity contribution in [2.45, 2.75) is 25.1 Å². The minimum Gasteiger partial charge on any atom is -0.545 e. The van der Waals surface area contributed by atoms with Crippen molar-refractivity contribution in [3.05, 3.63) is 29.3 Å². The maximum Gasteiger partial charge on any atom is 0.416 e. The Morgan fingerprint density at radius 1 is 1.45 bits per heavy atom. The van der Waals surface area contributed by atoms with Crippen molar-refractivity contribution < 1.29 is 28.2 Å². The van der Waals surface area contributed by atoms with Gasteiger partial charge in [0, 0.05) is 12.2 Å². The second-order valence-electron chi connectivity index (χ2n) is 4.74. The number of aliphatic hydroxyl groups is 1. The van der Waals surface area contributed by atoms with Crippen molar-refractivity contribution in [1.82, 2.24) is 0 Å². The van der Waals surface area contributed by atoms with Crippen LogP contribution in [0.1, 0.15) is 22.3 Å². The molecule has 1 aliphatic heterocycles. The maximum absolute atomic E-state index is 12.4. The quantitative estimate of drug-likeness (QED) is 0.890. The van der Waals surface area contributed by atoms with Crippen LogP contribution < -0.4 is 10.0 Å². The summed E-state index contributed by atoms with van der Waals surface area (Å²) in [4.78, 5) is 12.2. The Labute approximate surface area is 113 Å². The fourth-order valence-electron chi connectivity index (χ4n) is 2.30. The predicted octanol–water partition coefficient (Wildman–Crippen LogP) is 0.726. The summed E-state index contributed by atoms with van der Waals surface area (Å²) >= 11 is 0.